The molecule has 1 aromatic carbocycles. The van der Waals surface area contributed by atoms with Crippen molar-refractivity contribution in [1.29, 1.82) is 5.26 Å². The third kappa shape index (κ3) is 4.66. The molecule has 1 aromatic rings. The van der Waals surface area contributed by atoms with Gasteiger partial charge in [-0.25, -0.2) is 4.39 Å². The third-order valence-corrected chi connectivity index (χ3v) is 5.16. The molecule has 1 saturated carbocycles. The maximum Gasteiger partial charge on any atom is 0.243 e. The zero-order valence-electron chi connectivity index (χ0n) is 16.1. The van der Waals surface area contributed by atoms with Crippen LogP contribution in [0.2, 0.25) is 0 Å². The van der Waals surface area contributed by atoms with Crippen LogP contribution in [0.1, 0.15) is 52.9 Å². The first-order valence-corrected chi connectivity index (χ1v) is 9.30. The minimum absolute atomic E-state index is 0.186. The fourth-order valence-electron chi connectivity index (χ4n) is 3.24. The number of hydrogen-bond donors (Lipinski definition) is 2. The molecular formula is C20H29FN4O. The number of nitrogens with zero attached hydrogens (tertiary/aromatic N) is 2. The Kier molecular flexibility index (Phi) is 6.47. The monoisotopic (exact) mass is 360 g/mol. The van der Waals surface area contributed by atoms with Gasteiger partial charge in [-0.1, -0.05) is 19.3 Å². The van der Waals surface area contributed by atoms with Gasteiger partial charge in [-0.2, -0.15) is 5.26 Å². The second kappa shape index (κ2) is 8.39. The van der Waals surface area contributed by atoms with Gasteiger partial charge in [0.05, 0.1) is 11.8 Å². The smallest absolute Gasteiger partial charge is 0.243 e. The molecule has 0 aromatic heterocycles. The van der Waals surface area contributed by atoms with Gasteiger partial charge in [0.1, 0.15) is 17.4 Å². The molecule has 6 heteroatoms. The Balaban J connectivity index is 2.02. The molecule has 0 spiro atoms. The fraction of sp³-hybridized carbons (Fsp3) is 0.600. The minimum atomic E-state index is -0.764. The molecule has 0 heterocycles. The molecule has 5 nitrogen and oxygen atoms in total. The van der Waals surface area contributed by atoms with E-state index in [-0.39, 0.29) is 17.8 Å². The van der Waals surface area contributed by atoms with Crippen LogP contribution in [0.4, 0.5) is 15.8 Å². The van der Waals surface area contributed by atoms with Crippen LogP contribution in [-0.4, -0.2) is 30.6 Å². The van der Waals surface area contributed by atoms with E-state index in [9.17, 15) is 14.4 Å². The SMILES string of the molecule is CC(Nc1ccc(N(C)C(C)C)c(F)c1)C(=O)NC1(C#N)CCCCC1. The number of carbonyl (C=O) groups is 1. The van der Waals surface area contributed by atoms with Gasteiger partial charge in [0.25, 0.3) is 0 Å². The van der Waals surface area contributed by atoms with Gasteiger partial charge >= 0.3 is 0 Å². The van der Waals surface area contributed by atoms with Gasteiger partial charge in [-0.15, -0.1) is 0 Å². The normalized spacial score (nSPS) is 17.3. The van der Waals surface area contributed by atoms with Gasteiger partial charge in [0.15, 0.2) is 0 Å². The molecule has 2 rings (SSSR count). The molecule has 142 valence electrons. The average molecular weight is 360 g/mol. The van der Waals surface area contributed by atoms with Crippen LogP contribution in [0.25, 0.3) is 0 Å². The zero-order chi connectivity index (χ0) is 19.3. The molecule has 0 bridgehead atoms. The summed E-state index contributed by atoms with van der Waals surface area (Å²) in [6.07, 6.45) is 4.38. The first-order chi connectivity index (χ1) is 12.3. The molecule has 26 heavy (non-hydrogen) atoms. The highest BCUT2D eigenvalue weighted by Gasteiger charge is 2.34. The largest absolute Gasteiger partial charge is 0.374 e. The van der Waals surface area contributed by atoms with E-state index in [0.29, 0.717) is 24.2 Å². The third-order valence-electron chi connectivity index (χ3n) is 5.16. The maximum absolute atomic E-state index is 14.4. The van der Waals surface area contributed by atoms with Crippen molar-refractivity contribution in [2.75, 3.05) is 17.3 Å². The number of halogens is 1. The summed E-state index contributed by atoms with van der Waals surface area (Å²) < 4.78 is 14.4. The summed E-state index contributed by atoms with van der Waals surface area (Å²) in [5, 5.41) is 15.4. The molecule has 1 aliphatic carbocycles. The predicted molar refractivity (Wildman–Crippen MR) is 103 cm³/mol. The fourth-order valence-corrected chi connectivity index (χ4v) is 3.24. The minimum Gasteiger partial charge on any atom is -0.374 e. The van der Waals surface area contributed by atoms with Gasteiger partial charge in [0.2, 0.25) is 5.91 Å². The van der Waals surface area contributed by atoms with Crippen molar-refractivity contribution in [2.24, 2.45) is 0 Å². The van der Waals surface area contributed by atoms with Crippen molar-refractivity contribution in [3.05, 3.63) is 24.0 Å². The number of benzene rings is 1. The highest BCUT2D eigenvalue weighted by Crippen LogP contribution is 2.28. The summed E-state index contributed by atoms with van der Waals surface area (Å²) in [5.74, 6) is -0.572. The topological polar surface area (TPSA) is 68.2 Å². The van der Waals surface area contributed by atoms with E-state index in [4.69, 9.17) is 0 Å². The van der Waals surface area contributed by atoms with Gasteiger partial charge in [-0.3, -0.25) is 4.79 Å². The molecule has 1 amide bonds. The van der Waals surface area contributed by atoms with E-state index in [1.54, 1.807) is 19.1 Å². The van der Waals surface area contributed by atoms with E-state index in [1.807, 2.05) is 25.8 Å². The van der Waals surface area contributed by atoms with Gasteiger partial charge < -0.3 is 15.5 Å². The second-order valence-electron chi connectivity index (χ2n) is 7.48. The molecule has 1 fully saturated rings. The number of nitrogens with one attached hydrogen (secondary N) is 2. The van der Waals surface area contributed by atoms with E-state index >= 15 is 0 Å². The van der Waals surface area contributed by atoms with Crippen LogP contribution < -0.4 is 15.5 Å². The maximum atomic E-state index is 14.4. The van der Waals surface area contributed by atoms with Crippen molar-refractivity contribution >= 4 is 17.3 Å². The Hall–Kier alpha value is -2.29. The highest BCUT2D eigenvalue weighted by molar-refractivity contribution is 5.85. The average Bonchev–Trinajstić information content (AvgIpc) is 2.62. The van der Waals surface area contributed by atoms with Crippen LogP contribution in [0, 0.1) is 17.1 Å². The number of amides is 1. The first-order valence-electron chi connectivity index (χ1n) is 9.30. The van der Waals surface area contributed by atoms with Crippen LogP contribution in [0.15, 0.2) is 18.2 Å². The lowest BCUT2D eigenvalue weighted by atomic mass is 9.82. The van der Waals surface area contributed by atoms with Crippen molar-refractivity contribution in [3.8, 4) is 6.07 Å². The Morgan fingerprint density at radius 1 is 1.27 bits per heavy atom. The Morgan fingerprint density at radius 3 is 2.46 bits per heavy atom. The lowest BCUT2D eigenvalue weighted by molar-refractivity contribution is -0.123. The number of anilines is 2. The van der Waals surface area contributed by atoms with E-state index in [2.05, 4.69) is 16.7 Å². The molecule has 1 aliphatic rings. The number of hydrogen-bond acceptors (Lipinski definition) is 4. The van der Waals surface area contributed by atoms with Crippen LogP contribution >= 0.6 is 0 Å². The summed E-state index contributed by atoms with van der Waals surface area (Å²) in [5.41, 5.74) is 0.300. The van der Waals surface area contributed by atoms with Crippen LogP contribution in [0.5, 0.6) is 0 Å². The van der Waals surface area contributed by atoms with Gasteiger partial charge in [-0.05, 0) is 51.8 Å². The van der Waals surface area contributed by atoms with Crippen molar-refractivity contribution < 1.29 is 9.18 Å². The molecule has 2 N–H and O–H groups in total. The lowest BCUT2D eigenvalue weighted by Crippen LogP contribution is -2.52. The summed E-state index contributed by atoms with van der Waals surface area (Å²) in [6.45, 7) is 5.71. The summed E-state index contributed by atoms with van der Waals surface area (Å²) in [7, 11) is 1.85. The van der Waals surface area contributed by atoms with Crippen molar-refractivity contribution in [2.45, 2.75) is 70.5 Å². The Bertz CT molecular complexity index is 677. The quantitative estimate of drug-likeness (QED) is 0.809. The highest BCUT2D eigenvalue weighted by atomic mass is 19.1. The Morgan fingerprint density at radius 2 is 1.92 bits per heavy atom. The zero-order valence-corrected chi connectivity index (χ0v) is 16.1. The van der Waals surface area contributed by atoms with E-state index in [1.165, 1.54) is 6.07 Å². The standard InChI is InChI=1S/C20H29FN4O/c1-14(2)25(4)18-9-8-16(12-17(18)21)23-15(3)19(26)24-20(13-22)10-6-5-7-11-20/h8-9,12,14-15,23H,5-7,10-11H2,1-4H3,(H,24,26). The summed E-state index contributed by atoms with van der Waals surface area (Å²) in [6, 6.07) is 6.78. The molecule has 0 saturated heterocycles. The van der Waals surface area contributed by atoms with Crippen LogP contribution in [0.3, 0.4) is 0 Å². The molecular weight excluding hydrogens is 331 g/mol. The van der Waals surface area contributed by atoms with Crippen LogP contribution in [-0.2, 0) is 4.79 Å². The summed E-state index contributed by atoms with van der Waals surface area (Å²) >= 11 is 0. The molecule has 1 unspecified atom stereocenters. The lowest BCUT2D eigenvalue weighted by Gasteiger charge is -2.32. The number of rotatable bonds is 6. The van der Waals surface area contributed by atoms with Gasteiger partial charge in [0, 0.05) is 18.8 Å². The van der Waals surface area contributed by atoms with E-state index < -0.39 is 11.6 Å². The Labute approximate surface area is 155 Å². The second-order valence-corrected chi connectivity index (χ2v) is 7.48. The predicted octanol–water partition coefficient (Wildman–Crippen LogP) is 3.81. The number of carbonyl (C=O) groups excluding carboxylic acids is 1. The van der Waals surface area contributed by atoms with E-state index in [0.717, 1.165) is 19.3 Å². The van der Waals surface area contributed by atoms with Crippen molar-refractivity contribution in [1.82, 2.24) is 5.32 Å². The first kappa shape index (κ1) is 20.0. The summed E-state index contributed by atoms with van der Waals surface area (Å²) in [4.78, 5) is 14.4. The number of nitriles is 1. The molecule has 1 atom stereocenters. The molecule has 0 aliphatic heterocycles. The van der Waals surface area contributed by atoms with Crippen molar-refractivity contribution in [3.63, 3.8) is 0 Å². The molecule has 0 radical (unpaired) electrons.